The molecule has 0 bridgehead atoms. The van der Waals surface area contributed by atoms with Crippen molar-refractivity contribution in [1.82, 2.24) is 5.32 Å². The van der Waals surface area contributed by atoms with E-state index >= 15 is 0 Å². The van der Waals surface area contributed by atoms with Crippen molar-refractivity contribution in [3.8, 4) is 11.5 Å². The van der Waals surface area contributed by atoms with Crippen molar-refractivity contribution in [2.75, 3.05) is 11.5 Å². The van der Waals surface area contributed by atoms with Crippen LogP contribution in [0.15, 0.2) is 75.2 Å². The molecule has 0 aromatic heterocycles. The summed E-state index contributed by atoms with van der Waals surface area (Å²) in [5, 5.41) is 2.55. The number of rotatable bonds is 7. The van der Waals surface area contributed by atoms with Gasteiger partial charge in [-0.05, 0) is 82.5 Å². The van der Waals surface area contributed by atoms with Gasteiger partial charge < -0.3 is 9.47 Å². The molecule has 0 aliphatic carbocycles. The van der Waals surface area contributed by atoms with Crippen LogP contribution in [-0.4, -0.2) is 24.5 Å². The summed E-state index contributed by atoms with van der Waals surface area (Å²) in [6.45, 7) is 2.52. The van der Waals surface area contributed by atoms with E-state index in [9.17, 15) is 14.4 Å². The van der Waals surface area contributed by atoms with Crippen molar-refractivity contribution in [1.29, 1.82) is 0 Å². The summed E-state index contributed by atoms with van der Waals surface area (Å²) in [7, 11) is 0. The second-order valence-corrected chi connectivity index (χ2v) is 9.82. The number of hydrogen-bond acceptors (Lipinski definition) is 5. The van der Waals surface area contributed by atoms with Crippen LogP contribution < -0.4 is 19.7 Å². The van der Waals surface area contributed by atoms with Crippen LogP contribution in [0.3, 0.4) is 0 Å². The Labute approximate surface area is 229 Å². The van der Waals surface area contributed by atoms with Crippen molar-refractivity contribution in [2.45, 2.75) is 13.5 Å². The number of hydrogen-bond donors (Lipinski definition) is 1. The Hall–Kier alpha value is -3.14. The molecule has 1 saturated heterocycles. The first-order valence-corrected chi connectivity index (χ1v) is 12.7. The maximum absolute atomic E-state index is 13.2. The molecular formula is C26H19Br2ClN2O5. The van der Waals surface area contributed by atoms with E-state index in [0.717, 1.165) is 14.9 Å². The number of imide groups is 2. The highest BCUT2D eigenvalue weighted by atomic mass is 79.9. The van der Waals surface area contributed by atoms with Gasteiger partial charge in [0.1, 0.15) is 12.2 Å². The zero-order chi connectivity index (χ0) is 25.8. The summed E-state index contributed by atoms with van der Waals surface area (Å²) in [6, 6.07) is 16.5. The minimum Gasteiger partial charge on any atom is -0.490 e. The summed E-state index contributed by atoms with van der Waals surface area (Å²) < 4.78 is 13.3. The first-order chi connectivity index (χ1) is 17.3. The van der Waals surface area contributed by atoms with E-state index in [2.05, 4.69) is 37.2 Å². The summed E-state index contributed by atoms with van der Waals surface area (Å²) in [4.78, 5) is 39.0. The molecule has 0 radical (unpaired) electrons. The zero-order valence-corrected chi connectivity index (χ0v) is 22.8. The van der Waals surface area contributed by atoms with Gasteiger partial charge >= 0.3 is 6.03 Å². The third-order valence-corrected chi connectivity index (χ3v) is 6.46. The van der Waals surface area contributed by atoms with Gasteiger partial charge in [0.2, 0.25) is 0 Å². The van der Waals surface area contributed by atoms with Crippen LogP contribution in [0.4, 0.5) is 10.5 Å². The Morgan fingerprint density at radius 2 is 1.75 bits per heavy atom. The fourth-order valence-electron chi connectivity index (χ4n) is 3.48. The fourth-order valence-corrected chi connectivity index (χ4v) is 4.51. The lowest BCUT2D eigenvalue weighted by atomic mass is 10.1. The Bertz CT molecular complexity index is 1380. The summed E-state index contributed by atoms with van der Waals surface area (Å²) in [6.07, 6.45) is 1.40. The van der Waals surface area contributed by atoms with E-state index in [0.29, 0.717) is 39.8 Å². The molecule has 36 heavy (non-hydrogen) atoms. The third-order valence-electron chi connectivity index (χ3n) is 5.11. The minimum atomic E-state index is -0.850. The number of anilines is 1. The Kier molecular flexibility index (Phi) is 8.13. The number of ether oxygens (including phenoxy) is 2. The molecule has 1 N–H and O–H groups in total. The zero-order valence-electron chi connectivity index (χ0n) is 18.9. The van der Waals surface area contributed by atoms with E-state index in [-0.39, 0.29) is 11.3 Å². The average Bonchev–Trinajstić information content (AvgIpc) is 2.82. The summed E-state index contributed by atoms with van der Waals surface area (Å²) >= 11 is 12.9. The van der Waals surface area contributed by atoms with Gasteiger partial charge in [-0.2, -0.15) is 0 Å². The lowest BCUT2D eigenvalue weighted by molar-refractivity contribution is -0.122. The van der Waals surface area contributed by atoms with Crippen LogP contribution in [0.5, 0.6) is 11.5 Å². The molecule has 3 aromatic carbocycles. The topological polar surface area (TPSA) is 84.9 Å². The molecule has 0 atom stereocenters. The molecule has 1 aliphatic rings. The van der Waals surface area contributed by atoms with Crippen molar-refractivity contribution in [3.63, 3.8) is 0 Å². The number of halogens is 3. The van der Waals surface area contributed by atoms with E-state index in [4.69, 9.17) is 21.1 Å². The first kappa shape index (κ1) is 25.9. The molecule has 0 unspecified atom stereocenters. The maximum Gasteiger partial charge on any atom is 0.335 e. The Morgan fingerprint density at radius 3 is 2.44 bits per heavy atom. The fraction of sp³-hybridized carbons (Fsp3) is 0.115. The first-order valence-electron chi connectivity index (χ1n) is 10.8. The molecule has 4 rings (SSSR count). The quantitative estimate of drug-likeness (QED) is 0.237. The molecular weight excluding hydrogens is 616 g/mol. The van der Waals surface area contributed by atoms with Gasteiger partial charge in [-0.15, -0.1) is 0 Å². The molecule has 7 nitrogen and oxygen atoms in total. The number of nitrogens with one attached hydrogen (secondary N) is 1. The highest BCUT2D eigenvalue weighted by Gasteiger charge is 2.37. The number of urea groups is 1. The number of benzene rings is 3. The van der Waals surface area contributed by atoms with Crippen LogP contribution >= 0.6 is 43.5 Å². The second-order valence-electron chi connectivity index (χ2n) is 7.62. The van der Waals surface area contributed by atoms with Gasteiger partial charge in [0.25, 0.3) is 11.8 Å². The van der Waals surface area contributed by atoms with E-state index < -0.39 is 17.8 Å². The SMILES string of the molecule is CCOc1cc(/C=C2\C(=O)NC(=O)N(c3cccc(Cl)c3)C2=O)cc(Br)c1OCc1ccc(Br)cc1. The lowest BCUT2D eigenvalue weighted by Crippen LogP contribution is -2.54. The number of amides is 4. The van der Waals surface area contributed by atoms with E-state index in [1.165, 1.54) is 12.1 Å². The molecule has 4 amide bonds. The van der Waals surface area contributed by atoms with Gasteiger partial charge in [0, 0.05) is 9.50 Å². The molecule has 0 saturated carbocycles. The number of carbonyl (C=O) groups excluding carboxylic acids is 3. The molecule has 3 aromatic rings. The molecule has 1 aliphatic heterocycles. The summed E-state index contributed by atoms with van der Waals surface area (Å²) in [5.74, 6) is -0.650. The third kappa shape index (κ3) is 5.80. The van der Waals surface area contributed by atoms with E-state index in [1.807, 2.05) is 31.2 Å². The average molecular weight is 635 g/mol. The van der Waals surface area contributed by atoms with Gasteiger partial charge in [0.15, 0.2) is 11.5 Å². The molecule has 10 heteroatoms. The lowest BCUT2D eigenvalue weighted by Gasteiger charge is -2.26. The number of barbiturate groups is 1. The predicted octanol–water partition coefficient (Wildman–Crippen LogP) is 6.51. The van der Waals surface area contributed by atoms with Crippen molar-refractivity contribution >= 4 is 73.1 Å². The van der Waals surface area contributed by atoms with E-state index in [1.54, 1.807) is 30.3 Å². The maximum atomic E-state index is 13.2. The van der Waals surface area contributed by atoms with Crippen molar-refractivity contribution in [3.05, 3.63) is 91.3 Å². The predicted molar refractivity (Wildman–Crippen MR) is 144 cm³/mol. The van der Waals surface area contributed by atoms with Crippen LogP contribution in [0, 0.1) is 0 Å². The number of carbonyl (C=O) groups is 3. The highest BCUT2D eigenvalue weighted by molar-refractivity contribution is 9.10. The van der Waals surface area contributed by atoms with Crippen LogP contribution in [0.2, 0.25) is 5.02 Å². The van der Waals surface area contributed by atoms with Crippen molar-refractivity contribution < 1.29 is 23.9 Å². The smallest absolute Gasteiger partial charge is 0.335 e. The monoisotopic (exact) mass is 632 g/mol. The summed E-state index contributed by atoms with van der Waals surface area (Å²) in [5.41, 5.74) is 1.50. The van der Waals surface area contributed by atoms with Gasteiger partial charge in [-0.3, -0.25) is 14.9 Å². The Balaban J connectivity index is 1.66. The van der Waals surface area contributed by atoms with Crippen LogP contribution in [-0.2, 0) is 16.2 Å². The molecule has 0 spiro atoms. The van der Waals surface area contributed by atoms with Crippen molar-refractivity contribution in [2.24, 2.45) is 0 Å². The van der Waals surface area contributed by atoms with Gasteiger partial charge in [-0.25, -0.2) is 9.69 Å². The standard InChI is InChI=1S/C26H19Br2ClN2O5/c1-2-35-22-12-16(11-21(28)23(22)36-14-15-6-8-17(27)9-7-15)10-20-24(32)30-26(34)31(25(20)33)19-5-3-4-18(29)13-19/h3-13H,2,14H2,1H3,(H,30,32,34)/b20-10+. The molecule has 1 heterocycles. The molecule has 184 valence electrons. The minimum absolute atomic E-state index is 0.215. The van der Waals surface area contributed by atoms with Gasteiger partial charge in [-0.1, -0.05) is 45.7 Å². The van der Waals surface area contributed by atoms with Gasteiger partial charge in [0.05, 0.1) is 16.8 Å². The highest BCUT2D eigenvalue weighted by Crippen LogP contribution is 2.38. The van der Waals surface area contributed by atoms with Crippen LogP contribution in [0.1, 0.15) is 18.1 Å². The van der Waals surface area contributed by atoms with Crippen LogP contribution in [0.25, 0.3) is 6.08 Å². The normalized spacial score (nSPS) is 14.7. The largest absolute Gasteiger partial charge is 0.490 e. The molecule has 1 fully saturated rings. The Morgan fingerprint density at radius 1 is 1.00 bits per heavy atom. The second kappa shape index (κ2) is 11.3. The number of nitrogens with zero attached hydrogens (tertiary/aromatic N) is 1.